The predicted octanol–water partition coefficient (Wildman–Crippen LogP) is 4.23. The maximum absolute atomic E-state index is 12.7. The Labute approximate surface area is 190 Å². The molecule has 7 nitrogen and oxygen atoms in total. The smallest absolute Gasteiger partial charge is 0.412 e. The Morgan fingerprint density at radius 1 is 1.12 bits per heavy atom. The van der Waals surface area contributed by atoms with Crippen LogP contribution in [0, 0.1) is 0 Å². The van der Waals surface area contributed by atoms with Gasteiger partial charge in [-0.1, -0.05) is 24.3 Å². The number of carbonyl (C=O) groups excluding carboxylic acids is 3. The molecule has 0 saturated carbocycles. The number of rotatable bonds is 6. The van der Waals surface area contributed by atoms with E-state index in [1.165, 1.54) is 4.88 Å². The molecule has 3 aromatic rings. The average Bonchev–Trinajstić information content (AvgIpc) is 3.40. The molecule has 32 heavy (non-hydrogen) atoms. The van der Waals surface area contributed by atoms with Crippen molar-refractivity contribution in [3.05, 3.63) is 64.1 Å². The van der Waals surface area contributed by atoms with Crippen molar-refractivity contribution >= 4 is 45.7 Å². The number of imide groups is 1. The van der Waals surface area contributed by atoms with Crippen molar-refractivity contribution < 1.29 is 19.1 Å². The molecule has 2 aromatic heterocycles. The lowest BCUT2D eigenvalue weighted by Crippen LogP contribution is -2.35. The Morgan fingerprint density at radius 3 is 2.62 bits per heavy atom. The molecule has 3 amide bonds. The van der Waals surface area contributed by atoms with Gasteiger partial charge >= 0.3 is 6.09 Å². The van der Waals surface area contributed by atoms with Gasteiger partial charge < -0.3 is 9.30 Å². The molecule has 0 atom stereocenters. The van der Waals surface area contributed by atoms with Gasteiger partial charge in [0.15, 0.2) is 0 Å². The number of aromatic nitrogens is 1. The molecule has 1 aromatic carbocycles. The Kier molecular flexibility index (Phi) is 5.88. The van der Waals surface area contributed by atoms with Crippen LogP contribution < -0.4 is 10.6 Å². The van der Waals surface area contributed by atoms with E-state index >= 15 is 0 Å². The second kappa shape index (κ2) is 8.63. The Bertz CT molecular complexity index is 1220. The van der Waals surface area contributed by atoms with Crippen LogP contribution in [0.4, 0.5) is 4.79 Å². The van der Waals surface area contributed by atoms with Crippen molar-refractivity contribution in [1.29, 1.82) is 0 Å². The number of benzene rings is 1. The lowest BCUT2D eigenvalue weighted by atomic mass is 10.0. The fraction of sp³-hybridized carbons (Fsp3) is 0.292. The summed E-state index contributed by atoms with van der Waals surface area (Å²) in [6, 6.07) is 11.9. The van der Waals surface area contributed by atoms with Crippen LogP contribution in [0.5, 0.6) is 0 Å². The summed E-state index contributed by atoms with van der Waals surface area (Å²) in [5.41, 5.74) is 0.888. The van der Waals surface area contributed by atoms with Gasteiger partial charge in [0.05, 0.1) is 5.57 Å². The summed E-state index contributed by atoms with van der Waals surface area (Å²) in [5.74, 6) is -1.19. The number of ether oxygens (including phenoxy) is 1. The number of carbonyl (C=O) groups is 3. The van der Waals surface area contributed by atoms with Gasteiger partial charge in [0.1, 0.15) is 11.3 Å². The lowest BCUT2D eigenvalue weighted by molar-refractivity contribution is -0.123. The number of thiophene rings is 1. The van der Waals surface area contributed by atoms with Crippen LogP contribution in [0.15, 0.2) is 53.7 Å². The molecule has 0 aliphatic carbocycles. The number of hydrogen-bond donors (Lipinski definition) is 2. The molecule has 0 fully saturated rings. The standard InChI is InChI=1S/C24H25N3O4S/c1-24(2,3)31-23(30)25-20-19(21(28)26-22(20)29)17-14-27(18-11-5-4-10-16(17)18)12-6-8-15-9-7-13-32-15/h4-5,7,9-11,13-14H,6,8,12H2,1-3H3,(H2,25,26,28,29,30). The maximum atomic E-state index is 12.7. The summed E-state index contributed by atoms with van der Waals surface area (Å²) in [6.07, 6.45) is 3.00. The SMILES string of the molecule is CC(C)(C)OC(=O)NC1=C(c2cn(CCCc3cccs3)c3ccccc23)C(=O)NC1=O. The zero-order chi connectivity index (χ0) is 22.9. The highest BCUT2D eigenvalue weighted by Crippen LogP contribution is 2.31. The number of nitrogens with one attached hydrogen (secondary N) is 2. The van der Waals surface area contributed by atoms with E-state index in [0.29, 0.717) is 5.56 Å². The second-order valence-corrected chi connectivity index (χ2v) is 9.63. The maximum Gasteiger partial charge on any atom is 0.412 e. The van der Waals surface area contributed by atoms with Crippen molar-refractivity contribution in [1.82, 2.24) is 15.2 Å². The molecular formula is C24H25N3O4S. The van der Waals surface area contributed by atoms with E-state index in [4.69, 9.17) is 4.74 Å². The quantitative estimate of drug-likeness (QED) is 0.549. The van der Waals surface area contributed by atoms with Crippen LogP contribution in [0.3, 0.4) is 0 Å². The first-order valence-electron chi connectivity index (χ1n) is 10.4. The topological polar surface area (TPSA) is 89.4 Å². The molecule has 0 spiro atoms. The third kappa shape index (κ3) is 4.60. The Morgan fingerprint density at radius 2 is 1.91 bits per heavy atom. The molecule has 166 valence electrons. The number of para-hydroxylation sites is 1. The molecule has 0 bridgehead atoms. The third-order valence-corrected chi connectivity index (χ3v) is 5.95. The van der Waals surface area contributed by atoms with Crippen LogP contribution in [-0.4, -0.2) is 28.1 Å². The average molecular weight is 452 g/mol. The van der Waals surface area contributed by atoms with E-state index in [-0.39, 0.29) is 11.3 Å². The minimum absolute atomic E-state index is 0.0919. The van der Waals surface area contributed by atoms with Gasteiger partial charge in [-0.15, -0.1) is 11.3 Å². The summed E-state index contributed by atoms with van der Waals surface area (Å²) in [4.78, 5) is 38.8. The first kappa shape index (κ1) is 21.8. The van der Waals surface area contributed by atoms with E-state index in [0.717, 1.165) is 30.3 Å². The van der Waals surface area contributed by atoms with Gasteiger partial charge in [0.25, 0.3) is 11.8 Å². The number of nitrogens with zero attached hydrogens (tertiary/aromatic N) is 1. The number of hydrogen-bond acceptors (Lipinski definition) is 5. The zero-order valence-electron chi connectivity index (χ0n) is 18.2. The predicted molar refractivity (Wildman–Crippen MR) is 124 cm³/mol. The molecular weight excluding hydrogens is 426 g/mol. The number of amides is 3. The fourth-order valence-corrected chi connectivity index (χ4v) is 4.50. The molecule has 1 aliphatic rings. The minimum atomic E-state index is -0.783. The van der Waals surface area contributed by atoms with Crippen LogP contribution >= 0.6 is 11.3 Å². The highest BCUT2D eigenvalue weighted by Gasteiger charge is 2.35. The molecule has 0 saturated heterocycles. The van der Waals surface area contributed by atoms with E-state index in [1.807, 2.05) is 36.5 Å². The lowest BCUT2D eigenvalue weighted by Gasteiger charge is -2.19. The van der Waals surface area contributed by atoms with Crippen molar-refractivity contribution in [3.63, 3.8) is 0 Å². The molecule has 1 aliphatic heterocycles. The van der Waals surface area contributed by atoms with Crippen LogP contribution in [-0.2, 0) is 27.3 Å². The Balaban J connectivity index is 1.68. The molecule has 4 rings (SSSR count). The summed E-state index contributed by atoms with van der Waals surface area (Å²) >= 11 is 1.74. The third-order valence-electron chi connectivity index (χ3n) is 5.02. The molecule has 8 heteroatoms. The van der Waals surface area contributed by atoms with Gasteiger partial charge in [0.2, 0.25) is 0 Å². The summed E-state index contributed by atoms with van der Waals surface area (Å²) in [5, 5.41) is 7.68. The van der Waals surface area contributed by atoms with E-state index < -0.39 is 23.5 Å². The molecule has 3 heterocycles. The van der Waals surface area contributed by atoms with Crippen LogP contribution in [0.1, 0.15) is 37.6 Å². The zero-order valence-corrected chi connectivity index (χ0v) is 19.0. The van der Waals surface area contributed by atoms with Gasteiger partial charge in [0, 0.05) is 34.1 Å². The number of aryl methyl sites for hydroxylation is 2. The van der Waals surface area contributed by atoms with Gasteiger partial charge in [-0.25, -0.2) is 4.79 Å². The Hall–Kier alpha value is -3.39. The normalized spacial score (nSPS) is 14.2. The molecule has 0 radical (unpaired) electrons. The first-order valence-corrected chi connectivity index (χ1v) is 11.3. The summed E-state index contributed by atoms with van der Waals surface area (Å²) in [7, 11) is 0. The van der Waals surface area contributed by atoms with Crippen LogP contribution in [0.2, 0.25) is 0 Å². The highest BCUT2D eigenvalue weighted by atomic mass is 32.1. The van der Waals surface area contributed by atoms with Crippen molar-refractivity contribution in [2.24, 2.45) is 0 Å². The fourth-order valence-electron chi connectivity index (χ4n) is 3.75. The van der Waals surface area contributed by atoms with Gasteiger partial charge in [-0.3, -0.25) is 20.2 Å². The largest absolute Gasteiger partial charge is 0.444 e. The molecule has 2 N–H and O–H groups in total. The highest BCUT2D eigenvalue weighted by molar-refractivity contribution is 7.09. The molecule has 0 unspecified atom stereocenters. The number of alkyl carbamates (subject to hydrolysis) is 1. The van der Waals surface area contributed by atoms with Crippen LogP contribution in [0.25, 0.3) is 16.5 Å². The van der Waals surface area contributed by atoms with Crippen molar-refractivity contribution in [2.75, 3.05) is 0 Å². The van der Waals surface area contributed by atoms with E-state index in [2.05, 4.69) is 26.6 Å². The summed E-state index contributed by atoms with van der Waals surface area (Å²) < 4.78 is 7.36. The van der Waals surface area contributed by atoms with Crippen molar-refractivity contribution in [2.45, 2.75) is 45.8 Å². The minimum Gasteiger partial charge on any atom is -0.444 e. The number of fused-ring (bicyclic) bond motifs is 1. The first-order chi connectivity index (χ1) is 15.2. The summed E-state index contributed by atoms with van der Waals surface area (Å²) in [6.45, 7) is 5.94. The van der Waals surface area contributed by atoms with Crippen molar-refractivity contribution in [3.8, 4) is 0 Å². The monoisotopic (exact) mass is 451 g/mol. The second-order valence-electron chi connectivity index (χ2n) is 8.60. The van der Waals surface area contributed by atoms with Gasteiger partial charge in [-0.05, 0) is 51.1 Å². The van der Waals surface area contributed by atoms with Gasteiger partial charge in [-0.2, -0.15) is 0 Å². The van der Waals surface area contributed by atoms with E-state index in [1.54, 1.807) is 32.1 Å². The van der Waals surface area contributed by atoms with E-state index in [9.17, 15) is 14.4 Å².